The van der Waals surface area contributed by atoms with Crippen molar-refractivity contribution in [2.45, 2.75) is 39.2 Å². The summed E-state index contributed by atoms with van der Waals surface area (Å²) in [6.45, 7) is 7.41. The normalized spacial score (nSPS) is 20.4. The van der Waals surface area contributed by atoms with Gasteiger partial charge in [0.15, 0.2) is 5.96 Å². The molecule has 2 atom stereocenters. The molecule has 0 bridgehead atoms. The first-order valence-electron chi connectivity index (χ1n) is 10.7. The van der Waals surface area contributed by atoms with Crippen LogP contribution < -0.4 is 5.32 Å². The molecule has 4 rings (SSSR count). The molecule has 1 aromatic carbocycles. The van der Waals surface area contributed by atoms with Crippen molar-refractivity contribution in [2.24, 2.45) is 10.9 Å². The average molecular weight is 393 g/mol. The van der Waals surface area contributed by atoms with Gasteiger partial charge >= 0.3 is 0 Å². The van der Waals surface area contributed by atoms with E-state index in [1.807, 2.05) is 19.6 Å². The van der Waals surface area contributed by atoms with Gasteiger partial charge in [0.2, 0.25) is 0 Å². The number of imidazole rings is 1. The lowest BCUT2D eigenvalue weighted by molar-refractivity contribution is 0.189. The summed E-state index contributed by atoms with van der Waals surface area (Å²) < 4.78 is 2.24. The molecule has 0 amide bonds. The lowest BCUT2D eigenvalue weighted by Gasteiger charge is -2.39. The predicted molar refractivity (Wildman–Crippen MR) is 119 cm³/mol. The van der Waals surface area contributed by atoms with Crippen LogP contribution >= 0.6 is 0 Å². The van der Waals surface area contributed by atoms with Crippen molar-refractivity contribution in [1.29, 1.82) is 0 Å². The molecular formula is C23H32N6. The number of piperidine rings is 1. The van der Waals surface area contributed by atoms with Crippen molar-refractivity contribution >= 4 is 16.9 Å². The Kier molecular flexibility index (Phi) is 5.88. The van der Waals surface area contributed by atoms with Crippen molar-refractivity contribution < 1.29 is 0 Å². The minimum Gasteiger partial charge on any atom is -0.361 e. The molecule has 154 valence electrons. The van der Waals surface area contributed by atoms with E-state index in [1.54, 1.807) is 0 Å². The summed E-state index contributed by atoms with van der Waals surface area (Å²) in [5.41, 5.74) is 4.02. The molecule has 1 fully saturated rings. The van der Waals surface area contributed by atoms with Gasteiger partial charge < -0.3 is 19.8 Å². The van der Waals surface area contributed by atoms with Crippen molar-refractivity contribution in [1.82, 2.24) is 24.8 Å². The van der Waals surface area contributed by atoms with E-state index in [1.165, 1.54) is 22.0 Å². The number of aromatic amines is 1. The zero-order chi connectivity index (χ0) is 20.2. The van der Waals surface area contributed by atoms with Gasteiger partial charge in [0.05, 0.1) is 12.4 Å². The minimum atomic E-state index is 0.436. The highest BCUT2D eigenvalue weighted by Crippen LogP contribution is 2.27. The largest absolute Gasteiger partial charge is 0.361 e. The van der Waals surface area contributed by atoms with Crippen LogP contribution in [0.5, 0.6) is 0 Å². The second-order valence-electron chi connectivity index (χ2n) is 8.02. The number of guanidine groups is 1. The van der Waals surface area contributed by atoms with Gasteiger partial charge in [-0.2, -0.15) is 0 Å². The number of aromatic nitrogens is 3. The summed E-state index contributed by atoms with van der Waals surface area (Å²) in [5, 5.41) is 4.93. The maximum atomic E-state index is 4.56. The predicted octanol–water partition coefficient (Wildman–Crippen LogP) is 3.63. The van der Waals surface area contributed by atoms with E-state index in [0.29, 0.717) is 12.0 Å². The number of fused-ring (bicyclic) bond motifs is 1. The SMILES string of the molecule is CCc1cccc2c(CCNC(=NC)N3CCC(C)C(n4ccnc4)C3)c[nH]c12. The van der Waals surface area contributed by atoms with Gasteiger partial charge in [0.25, 0.3) is 0 Å². The molecule has 3 heterocycles. The first kappa shape index (κ1) is 19.6. The Morgan fingerprint density at radius 3 is 3.00 bits per heavy atom. The first-order chi connectivity index (χ1) is 14.2. The van der Waals surface area contributed by atoms with Crippen molar-refractivity contribution in [3.8, 4) is 0 Å². The standard InChI is InChI=1S/C23H32N6/c1-4-18-6-5-7-20-19(14-27-22(18)20)8-10-26-23(24-3)28-12-9-17(2)21(15-28)29-13-11-25-16-29/h5-7,11,13-14,16-17,21,27H,4,8-10,12,15H2,1-3H3,(H,24,26). The number of H-pyrrole nitrogens is 1. The van der Waals surface area contributed by atoms with Crippen LogP contribution in [0.2, 0.25) is 0 Å². The van der Waals surface area contributed by atoms with Gasteiger partial charge in [-0.1, -0.05) is 32.0 Å². The molecule has 3 aromatic rings. The molecular weight excluding hydrogens is 360 g/mol. The fourth-order valence-electron chi connectivity index (χ4n) is 4.51. The lowest BCUT2D eigenvalue weighted by atomic mass is 9.93. The highest BCUT2D eigenvalue weighted by atomic mass is 15.3. The summed E-state index contributed by atoms with van der Waals surface area (Å²) in [6, 6.07) is 7.02. The number of para-hydroxylation sites is 1. The molecule has 6 nitrogen and oxygen atoms in total. The summed E-state index contributed by atoms with van der Waals surface area (Å²) in [4.78, 5) is 14.6. The number of aryl methyl sites for hydroxylation is 1. The van der Waals surface area contributed by atoms with E-state index in [4.69, 9.17) is 0 Å². The lowest BCUT2D eigenvalue weighted by Crippen LogP contribution is -2.49. The number of hydrogen-bond donors (Lipinski definition) is 2. The number of likely N-dealkylation sites (tertiary alicyclic amines) is 1. The van der Waals surface area contributed by atoms with Gasteiger partial charge in [0.1, 0.15) is 0 Å². The van der Waals surface area contributed by atoms with Crippen molar-refractivity contribution in [3.05, 3.63) is 54.2 Å². The molecule has 2 aromatic heterocycles. The van der Waals surface area contributed by atoms with Crippen LogP contribution in [0.3, 0.4) is 0 Å². The van der Waals surface area contributed by atoms with E-state index >= 15 is 0 Å². The highest BCUT2D eigenvalue weighted by molar-refractivity contribution is 5.86. The number of benzene rings is 1. The van der Waals surface area contributed by atoms with E-state index in [9.17, 15) is 0 Å². The van der Waals surface area contributed by atoms with Crippen LogP contribution in [0.15, 0.2) is 48.1 Å². The van der Waals surface area contributed by atoms with Gasteiger partial charge in [0, 0.05) is 56.2 Å². The monoisotopic (exact) mass is 392 g/mol. The quantitative estimate of drug-likeness (QED) is 0.515. The molecule has 29 heavy (non-hydrogen) atoms. The number of nitrogens with zero attached hydrogens (tertiary/aromatic N) is 4. The van der Waals surface area contributed by atoms with Gasteiger partial charge in [-0.15, -0.1) is 0 Å². The van der Waals surface area contributed by atoms with Crippen LogP contribution in [0.4, 0.5) is 0 Å². The van der Waals surface area contributed by atoms with Gasteiger partial charge in [-0.3, -0.25) is 4.99 Å². The minimum absolute atomic E-state index is 0.436. The summed E-state index contributed by atoms with van der Waals surface area (Å²) in [6.07, 6.45) is 11.2. The molecule has 2 N–H and O–H groups in total. The third kappa shape index (κ3) is 4.02. The fraction of sp³-hybridized carbons (Fsp3) is 0.478. The molecule has 1 aliphatic heterocycles. The summed E-state index contributed by atoms with van der Waals surface area (Å²) in [7, 11) is 1.88. The summed E-state index contributed by atoms with van der Waals surface area (Å²) >= 11 is 0. The Hall–Kier alpha value is -2.76. The van der Waals surface area contributed by atoms with Crippen molar-refractivity contribution in [2.75, 3.05) is 26.7 Å². The van der Waals surface area contributed by atoms with Gasteiger partial charge in [-0.05, 0) is 36.3 Å². The Morgan fingerprint density at radius 2 is 2.24 bits per heavy atom. The summed E-state index contributed by atoms with van der Waals surface area (Å²) in [5.74, 6) is 1.63. The molecule has 0 spiro atoms. The molecule has 1 saturated heterocycles. The molecule has 0 saturated carbocycles. The van der Waals surface area contributed by atoms with E-state index in [-0.39, 0.29) is 0 Å². The third-order valence-corrected chi connectivity index (χ3v) is 6.28. The second-order valence-corrected chi connectivity index (χ2v) is 8.02. The Bertz CT molecular complexity index is 955. The molecule has 1 aliphatic rings. The fourth-order valence-corrected chi connectivity index (χ4v) is 4.51. The number of aliphatic imine (C=N–C) groups is 1. The van der Waals surface area contributed by atoms with Gasteiger partial charge in [-0.25, -0.2) is 4.98 Å². The number of rotatable bonds is 5. The molecule has 0 aliphatic carbocycles. The molecule has 6 heteroatoms. The Morgan fingerprint density at radius 1 is 1.34 bits per heavy atom. The average Bonchev–Trinajstić information content (AvgIpc) is 3.42. The maximum absolute atomic E-state index is 4.56. The zero-order valence-electron chi connectivity index (χ0n) is 17.7. The van der Waals surface area contributed by atoms with Crippen LogP contribution in [0, 0.1) is 5.92 Å². The van der Waals surface area contributed by atoms with E-state index in [2.05, 4.69) is 74.2 Å². The van der Waals surface area contributed by atoms with E-state index < -0.39 is 0 Å². The topological polar surface area (TPSA) is 61.2 Å². The smallest absolute Gasteiger partial charge is 0.193 e. The molecule has 0 radical (unpaired) electrons. The second kappa shape index (κ2) is 8.72. The maximum Gasteiger partial charge on any atom is 0.193 e. The first-order valence-corrected chi connectivity index (χ1v) is 10.7. The zero-order valence-corrected chi connectivity index (χ0v) is 17.7. The van der Waals surface area contributed by atoms with Crippen molar-refractivity contribution in [3.63, 3.8) is 0 Å². The van der Waals surface area contributed by atoms with Crippen LogP contribution in [-0.4, -0.2) is 52.1 Å². The number of nitrogens with one attached hydrogen (secondary N) is 2. The Labute approximate surface area is 173 Å². The highest BCUT2D eigenvalue weighted by Gasteiger charge is 2.28. The van der Waals surface area contributed by atoms with E-state index in [0.717, 1.165) is 44.9 Å². The number of hydrogen-bond acceptors (Lipinski definition) is 2. The van der Waals surface area contributed by atoms with Crippen LogP contribution in [0.1, 0.15) is 37.4 Å². The van der Waals surface area contributed by atoms with Crippen LogP contribution in [0.25, 0.3) is 10.9 Å². The molecule has 2 unspecified atom stereocenters. The Balaban J connectivity index is 1.39. The third-order valence-electron chi connectivity index (χ3n) is 6.28. The van der Waals surface area contributed by atoms with Crippen LogP contribution in [-0.2, 0) is 12.8 Å².